The first-order valence-corrected chi connectivity index (χ1v) is 5.93. The number of carboxylic acid groups (broad SMARTS) is 1. The Morgan fingerprint density at radius 3 is 2.39 bits per heavy atom. The standard InChI is InChI=1S/C12H19NO5/c1-5-12(9(15)16)7-6-8(14)13(12)10(17)18-11(2,3)4/h5-7H2,1-4H3,(H,15,16). The molecule has 1 aliphatic rings. The molecule has 1 heterocycles. The molecule has 1 fully saturated rings. The van der Waals surface area contributed by atoms with Crippen molar-refractivity contribution in [1.82, 2.24) is 4.90 Å². The van der Waals surface area contributed by atoms with Crippen LogP contribution in [0.2, 0.25) is 0 Å². The number of hydrogen-bond donors (Lipinski definition) is 1. The van der Waals surface area contributed by atoms with Gasteiger partial charge in [0.05, 0.1) is 0 Å². The minimum atomic E-state index is -1.46. The molecule has 0 aliphatic carbocycles. The summed E-state index contributed by atoms with van der Waals surface area (Å²) in [5.74, 6) is -1.66. The van der Waals surface area contributed by atoms with E-state index >= 15 is 0 Å². The third kappa shape index (κ3) is 2.47. The normalized spacial score (nSPS) is 24.2. The van der Waals surface area contributed by atoms with E-state index in [0.717, 1.165) is 4.90 Å². The summed E-state index contributed by atoms with van der Waals surface area (Å²) in [4.78, 5) is 35.9. The second-order valence-electron chi connectivity index (χ2n) is 5.40. The Kier molecular flexibility index (Phi) is 3.69. The number of aliphatic carboxylic acids is 1. The van der Waals surface area contributed by atoms with Crippen LogP contribution in [0.1, 0.15) is 47.0 Å². The zero-order valence-electron chi connectivity index (χ0n) is 11.1. The third-order valence-corrected chi connectivity index (χ3v) is 2.99. The fraction of sp³-hybridized carbons (Fsp3) is 0.750. The van der Waals surface area contributed by atoms with Crippen molar-refractivity contribution < 1.29 is 24.2 Å². The van der Waals surface area contributed by atoms with E-state index in [0.29, 0.717) is 0 Å². The lowest BCUT2D eigenvalue weighted by molar-refractivity contribution is -0.153. The summed E-state index contributed by atoms with van der Waals surface area (Å²) in [5, 5.41) is 9.30. The van der Waals surface area contributed by atoms with E-state index in [1.54, 1.807) is 27.7 Å². The molecule has 102 valence electrons. The highest BCUT2D eigenvalue weighted by molar-refractivity contribution is 6.01. The van der Waals surface area contributed by atoms with E-state index in [1.165, 1.54) is 0 Å². The molecule has 0 aromatic heterocycles. The van der Waals surface area contributed by atoms with Gasteiger partial charge in [0, 0.05) is 6.42 Å². The minimum Gasteiger partial charge on any atom is -0.479 e. The third-order valence-electron chi connectivity index (χ3n) is 2.99. The number of imide groups is 1. The average Bonchev–Trinajstić information content (AvgIpc) is 2.53. The molecule has 0 aromatic rings. The maximum atomic E-state index is 12.0. The van der Waals surface area contributed by atoms with Gasteiger partial charge in [0.1, 0.15) is 5.60 Å². The molecule has 2 amide bonds. The Labute approximate surface area is 106 Å². The lowest BCUT2D eigenvalue weighted by atomic mass is 9.93. The number of amides is 2. The predicted molar refractivity (Wildman–Crippen MR) is 63.0 cm³/mol. The van der Waals surface area contributed by atoms with Crippen molar-refractivity contribution >= 4 is 18.0 Å². The fourth-order valence-corrected chi connectivity index (χ4v) is 2.05. The molecule has 1 saturated heterocycles. The van der Waals surface area contributed by atoms with E-state index in [4.69, 9.17) is 4.74 Å². The van der Waals surface area contributed by atoms with Crippen LogP contribution in [0.3, 0.4) is 0 Å². The van der Waals surface area contributed by atoms with E-state index in [9.17, 15) is 19.5 Å². The van der Waals surface area contributed by atoms with Gasteiger partial charge in [0.2, 0.25) is 5.91 Å². The van der Waals surface area contributed by atoms with Crippen LogP contribution in [0.4, 0.5) is 4.79 Å². The second-order valence-corrected chi connectivity index (χ2v) is 5.40. The highest BCUT2D eigenvalue weighted by atomic mass is 16.6. The fourth-order valence-electron chi connectivity index (χ4n) is 2.05. The van der Waals surface area contributed by atoms with Gasteiger partial charge < -0.3 is 9.84 Å². The van der Waals surface area contributed by atoms with Crippen LogP contribution in [0.15, 0.2) is 0 Å². The molecular formula is C12H19NO5. The Bertz CT molecular complexity index is 384. The molecule has 0 spiro atoms. The van der Waals surface area contributed by atoms with Gasteiger partial charge in [-0.15, -0.1) is 0 Å². The van der Waals surface area contributed by atoms with Crippen molar-refractivity contribution in [2.45, 2.75) is 58.1 Å². The smallest absolute Gasteiger partial charge is 0.418 e. The maximum absolute atomic E-state index is 12.0. The molecule has 0 bridgehead atoms. The van der Waals surface area contributed by atoms with Gasteiger partial charge in [-0.2, -0.15) is 0 Å². The van der Waals surface area contributed by atoms with Crippen LogP contribution >= 0.6 is 0 Å². The first-order chi connectivity index (χ1) is 8.14. The molecule has 6 heteroatoms. The van der Waals surface area contributed by atoms with Crippen LogP contribution in [-0.4, -0.2) is 39.1 Å². The second kappa shape index (κ2) is 4.59. The number of carboxylic acids is 1. The van der Waals surface area contributed by atoms with Crippen molar-refractivity contribution in [1.29, 1.82) is 0 Å². The SMILES string of the molecule is CCC1(C(=O)O)CCC(=O)N1C(=O)OC(C)(C)C. The van der Waals surface area contributed by atoms with Crippen LogP contribution in [0.25, 0.3) is 0 Å². The molecule has 1 rings (SSSR count). The van der Waals surface area contributed by atoms with Crippen LogP contribution < -0.4 is 0 Å². The summed E-state index contributed by atoms with van der Waals surface area (Å²) in [7, 11) is 0. The van der Waals surface area contributed by atoms with Gasteiger partial charge in [0.25, 0.3) is 0 Å². The number of nitrogens with zero attached hydrogens (tertiary/aromatic N) is 1. The zero-order valence-corrected chi connectivity index (χ0v) is 11.1. The summed E-state index contributed by atoms with van der Waals surface area (Å²) >= 11 is 0. The zero-order chi connectivity index (χ0) is 14.1. The molecule has 1 unspecified atom stereocenters. The number of hydrogen-bond acceptors (Lipinski definition) is 4. The van der Waals surface area contributed by atoms with Crippen LogP contribution in [-0.2, 0) is 14.3 Å². The summed E-state index contributed by atoms with van der Waals surface area (Å²) in [6.45, 7) is 6.64. The maximum Gasteiger partial charge on any atom is 0.418 e. The number of likely N-dealkylation sites (tertiary alicyclic amines) is 1. The van der Waals surface area contributed by atoms with Crippen molar-refractivity contribution in [2.75, 3.05) is 0 Å². The van der Waals surface area contributed by atoms with Crippen molar-refractivity contribution in [3.8, 4) is 0 Å². The number of carbonyl (C=O) groups excluding carboxylic acids is 2. The van der Waals surface area contributed by atoms with Gasteiger partial charge >= 0.3 is 12.1 Å². The summed E-state index contributed by atoms with van der Waals surface area (Å²) in [6, 6.07) is 0. The summed E-state index contributed by atoms with van der Waals surface area (Å²) in [6.07, 6.45) is -0.516. The largest absolute Gasteiger partial charge is 0.479 e. The molecule has 6 nitrogen and oxygen atoms in total. The lowest BCUT2D eigenvalue weighted by Crippen LogP contribution is -2.55. The van der Waals surface area contributed by atoms with E-state index in [-0.39, 0.29) is 19.3 Å². The molecule has 1 N–H and O–H groups in total. The van der Waals surface area contributed by atoms with Crippen molar-refractivity contribution in [3.63, 3.8) is 0 Å². The van der Waals surface area contributed by atoms with Crippen molar-refractivity contribution in [2.24, 2.45) is 0 Å². The summed E-state index contributed by atoms with van der Waals surface area (Å²) in [5.41, 5.74) is -2.22. The Hall–Kier alpha value is -1.59. The molecule has 1 atom stereocenters. The summed E-state index contributed by atoms with van der Waals surface area (Å²) < 4.78 is 5.10. The van der Waals surface area contributed by atoms with Gasteiger partial charge in [-0.1, -0.05) is 6.92 Å². The Balaban J connectivity index is 3.06. The molecule has 0 radical (unpaired) electrons. The number of rotatable bonds is 2. The highest BCUT2D eigenvalue weighted by Crippen LogP contribution is 2.34. The van der Waals surface area contributed by atoms with Gasteiger partial charge in [-0.3, -0.25) is 4.79 Å². The lowest BCUT2D eigenvalue weighted by Gasteiger charge is -2.33. The molecule has 0 saturated carbocycles. The van der Waals surface area contributed by atoms with E-state index in [2.05, 4.69) is 0 Å². The van der Waals surface area contributed by atoms with E-state index < -0.39 is 29.1 Å². The Morgan fingerprint density at radius 2 is 2.00 bits per heavy atom. The average molecular weight is 257 g/mol. The highest BCUT2D eigenvalue weighted by Gasteiger charge is 2.54. The Morgan fingerprint density at radius 1 is 1.44 bits per heavy atom. The van der Waals surface area contributed by atoms with Gasteiger partial charge in [-0.25, -0.2) is 14.5 Å². The molecular weight excluding hydrogens is 238 g/mol. The van der Waals surface area contributed by atoms with Gasteiger partial charge in [-0.05, 0) is 33.6 Å². The molecule has 0 aromatic carbocycles. The molecule has 18 heavy (non-hydrogen) atoms. The number of carbonyl (C=O) groups is 3. The first kappa shape index (κ1) is 14.5. The first-order valence-electron chi connectivity index (χ1n) is 5.93. The monoisotopic (exact) mass is 257 g/mol. The minimum absolute atomic E-state index is 0.0549. The van der Waals surface area contributed by atoms with Crippen molar-refractivity contribution in [3.05, 3.63) is 0 Å². The predicted octanol–water partition coefficient (Wildman–Crippen LogP) is 1.78. The van der Waals surface area contributed by atoms with Gasteiger partial charge in [0.15, 0.2) is 5.54 Å². The molecule has 1 aliphatic heterocycles. The number of ether oxygens (including phenoxy) is 1. The van der Waals surface area contributed by atoms with Crippen LogP contribution in [0.5, 0.6) is 0 Å². The topological polar surface area (TPSA) is 83.9 Å². The quantitative estimate of drug-likeness (QED) is 0.815. The van der Waals surface area contributed by atoms with Crippen LogP contribution in [0, 0.1) is 0 Å². The van der Waals surface area contributed by atoms with E-state index in [1.807, 2.05) is 0 Å².